The molecule has 1 aromatic heterocycles. The molecule has 3 heterocycles. The van der Waals surface area contributed by atoms with Crippen molar-refractivity contribution in [2.75, 3.05) is 38.2 Å². The van der Waals surface area contributed by atoms with Gasteiger partial charge in [0.2, 0.25) is 18.5 Å². The molecule has 2 aliphatic heterocycles. The van der Waals surface area contributed by atoms with Crippen LogP contribution in [0, 0.1) is 0 Å². The van der Waals surface area contributed by atoms with Gasteiger partial charge in [0.05, 0.1) is 21.0 Å². The van der Waals surface area contributed by atoms with Crippen molar-refractivity contribution in [1.82, 2.24) is 19.9 Å². The molecule has 20 heteroatoms. The van der Waals surface area contributed by atoms with Crippen LogP contribution in [0.1, 0.15) is 25.7 Å². The van der Waals surface area contributed by atoms with Crippen LogP contribution < -0.4 is 46.5 Å². The summed E-state index contributed by atoms with van der Waals surface area (Å²) in [5, 5.41) is 26.7. The Bertz CT molecular complexity index is 1200. The minimum Gasteiger partial charge on any atom is -0.790 e. The number of ether oxygens (including phenoxy) is 1. The van der Waals surface area contributed by atoms with Crippen molar-refractivity contribution in [3.05, 3.63) is 17.2 Å². The average molecular weight is 581 g/mol. The van der Waals surface area contributed by atoms with Crippen LogP contribution in [0.4, 0.5) is 5.82 Å². The zero-order chi connectivity index (χ0) is 27.9. The third-order valence-electron chi connectivity index (χ3n) is 5.57. The molecule has 1 amide bonds. The van der Waals surface area contributed by atoms with Gasteiger partial charge < -0.3 is 55.1 Å². The summed E-state index contributed by atoms with van der Waals surface area (Å²) in [5.41, 5.74) is 5.65. The quantitative estimate of drug-likeness (QED) is 0.0733. The van der Waals surface area contributed by atoms with E-state index in [9.17, 15) is 38.8 Å². The molecule has 0 aromatic carbocycles. The molecule has 6 N–H and O–H groups in total. The molecule has 0 spiro atoms. The van der Waals surface area contributed by atoms with Gasteiger partial charge in [-0.1, -0.05) is 12.8 Å². The van der Waals surface area contributed by atoms with Gasteiger partial charge in [-0.25, -0.2) is 9.57 Å². The van der Waals surface area contributed by atoms with Crippen LogP contribution in [-0.4, -0.2) is 83.5 Å². The number of carbonyl (C=O) groups excluding carboxylic acids is 1. The molecule has 5 unspecified atom stereocenters. The third-order valence-corrected chi connectivity index (χ3v) is 7.63. The molecule has 1 saturated heterocycles. The molecule has 214 valence electrons. The molecule has 5 atom stereocenters. The third kappa shape index (κ3) is 8.53. The van der Waals surface area contributed by atoms with E-state index in [1.54, 1.807) is 0 Å². The van der Waals surface area contributed by atoms with E-state index in [2.05, 4.69) is 34.4 Å². The number of hydrogen-bond acceptors (Lipinski definition) is 16. The normalized spacial score (nSPS) is 24.5. The van der Waals surface area contributed by atoms with E-state index in [1.165, 1.54) is 10.9 Å². The van der Waals surface area contributed by atoms with E-state index < -0.39 is 46.8 Å². The van der Waals surface area contributed by atoms with Gasteiger partial charge in [-0.2, -0.15) is 4.98 Å². The predicted octanol–water partition coefficient (Wildman–Crippen LogP) is -5.62. The number of aliphatic hydroxyl groups is 2. The SMILES string of the molecule is NCCCCCCNC(=O)CNc1ncnc2c1=NC[N+]=2C1OC(COP(=O)([O-])OP(=O)([O-])[O-])C(O)C1O. The van der Waals surface area contributed by atoms with Gasteiger partial charge in [0.25, 0.3) is 7.82 Å². The minimum atomic E-state index is -5.89. The maximum absolute atomic E-state index is 12.1. The second-order valence-electron chi connectivity index (χ2n) is 8.39. The number of nitrogens with zero attached hydrogens (tertiary/aromatic N) is 4. The maximum Gasteiger partial charge on any atom is 0.353 e. The van der Waals surface area contributed by atoms with Gasteiger partial charge in [-0.15, -0.1) is 0 Å². The first kappa shape index (κ1) is 30.6. The van der Waals surface area contributed by atoms with E-state index in [1.807, 2.05) is 0 Å². The lowest BCUT2D eigenvalue weighted by Crippen LogP contribution is -2.49. The maximum atomic E-state index is 12.1. The summed E-state index contributed by atoms with van der Waals surface area (Å²) in [4.78, 5) is 57.2. The molecule has 1 fully saturated rings. The second-order valence-corrected chi connectivity index (χ2v) is 11.1. The molecule has 1 aromatic rings. The van der Waals surface area contributed by atoms with Crippen molar-refractivity contribution < 1.29 is 52.4 Å². The van der Waals surface area contributed by atoms with E-state index in [4.69, 9.17) is 10.5 Å². The fourth-order valence-corrected chi connectivity index (χ4v) is 5.28. The Morgan fingerprint density at radius 2 is 1.92 bits per heavy atom. The van der Waals surface area contributed by atoms with E-state index in [0.29, 0.717) is 13.1 Å². The molecule has 0 saturated carbocycles. The summed E-state index contributed by atoms with van der Waals surface area (Å²) in [6, 6.07) is 0. The van der Waals surface area contributed by atoms with Gasteiger partial charge in [0.1, 0.15) is 18.3 Å². The first-order valence-electron chi connectivity index (χ1n) is 11.6. The highest BCUT2D eigenvalue weighted by molar-refractivity contribution is 7.58. The minimum absolute atomic E-state index is 0.0839. The van der Waals surface area contributed by atoms with Crippen molar-refractivity contribution in [3.8, 4) is 0 Å². The number of fused-ring (bicyclic) bond motifs is 1. The number of amides is 1. The lowest BCUT2D eigenvalue weighted by molar-refractivity contribution is -0.339. The first-order chi connectivity index (χ1) is 17.9. The number of hydrogen-bond donors (Lipinski definition) is 5. The number of phosphoric ester groups is 1. The highest BCUT2D eigenvalue weighted by atomic mass is 31.3. The van der Waals surface area contributed by atoms with Gasteiger partial charge >= 0.3 is 5.49 Å². The summed E-state index contributed by atoms with van der Waals surface area (Å²) < 4.78 is 36.5. The summed E-state index contributed by atoms with van der Waals surface area (Å²) in [7, 11) is -11.4. The fraction of sp³-hybridized carbons (Fsp3) is 0.722. The number of nitrogens with one attached hydrogen (secondary N) is 2. The van der Waals surface area contributed by atoms with E-state index in [0.717, 1.165) is 25.7 Å². The standard InChI is InChI=1S/C18H31N7O11P2/c19-5-3-1-2-4-6-20-12(26)7-21-16-13-17(23-9-22-16)25(10-24-13)18-15(28)14(27)11(35-18)8-34-38(32,33)36-37(29,30)31/h9,11,14-15,18,27-28H,1-8,10,19H2,(H4,20,26,29,30,31,32,33)/p-2. The number of phosphoric acid groups is 2. The van der Waals surface area contributed by atoms with Gasteiger partial charge in [-0.3, -0.25) is 13.7 Å². The number of nitrogens with two attached hydrogens (primary N) is 1. The molecule has 18 nitrogen and oxygen atoms in total. The van der Waals surface area contributed by atoms with Crippen molar-refractivity contribution in [1.29, 1.82) is 0 Å². The Labute approximate surface area is 216 Å². The number of unbranched alkanes of at least 4 members (excludes halogenated alkanes) is 3. The largest absolute Gasteiger partial charge is 0.790 e. The topological polar surface area (TPSA) is 280 Å². The van der Waals surface area contributed by atoms with Gasteiger partial charge in [0, 0.05) is 6.54 Å². The molecular weight excluding hydrogens is 552 g/mol. The van der Waals surface area contributed by atoms with Crippen molar-refractivity contribution in [3.63, 3.8) is 0 Å². The Balaban J connectivity index is 1.61. The zero-order valence-corrected chi connectivity index (χ0v) is 21.9. The first-order valence-corrected chi connectivity index (χ1v) is 14.5. The highest BCUT2D eigenvalue weighted by Gasteiger charge is 2.48. The van der Waals surface area contributed by atoms with E-state index in [-0.39, 0.29) is 35.8 Å². The van der Waals surface area contributed by atoms with Crippen LogP contribution in [0.25, 0.3) is 0 Å². The summed E-state index contributed by atoms with van der Waals surface area (Å²) in [6.45, 7) is 0.0433. The summed E-state index contributed by atoms with van der Waals surface area (Å²) in [5.74, 6) is -0.0101. The number of rotatable bonds is 15. The Morgan fingerprint density at radius 1 is 1.18 bits per heavy atom. The molecular formula is C18H29N7O11P2-2. The Hall–Kier alpha value is -1.95. The van der Waals surface area contributed by atoms with Crippen LogP contribution in [0.15, 0.2) is 11.3 Å². The Kier molecular flexibility index (Phi) is 10.8. The lowest BCUT2D eigenvalue weighted by atomic mass is 10.1. The second kappa shape index (κ2) is 13.4. The van der Waals surface area contributed by atoms with Crippen LogP contribution in [0.3, 0.4) is 0 Å². The monoisotopic (exact) mass is 581 g/mol. The van der Waals surface area contributed by atoms with Crippen LogP contribution in [-0.2, 0) is 27.5 Å². The number of anilines is 1. The molecule has 0 bridgehead atoms. The number of aliphatic hydroxyl groups excluding tert-OH is 2. The fourth-order valence-electron chi connectivity index (χ4n) is 3.78. The van der Waals surface area contributed by atoms with Crippen LogP contribution in [0.5, 0.6) is 0 Å². The van der Waals surface area contributed by atoms with Gasteiger partial charge in [-0.05, 0) is 24.4 Å². The van der Waals surface area contributed by atoms with Crippen molar-refractivity contribution >= 4 is 27.4 Å². The molecule has 3 rings (SSSR count). The van der Waals surface area contributed by atoms with Crippen LogP contribution >= 0.6 is 15.6 Å². The summed E-state index contributed by atoms with van der Waals surface area (Å²) in [6.07, 6.45) is -1.01. The van der Waals surface area contributed by atoms with Crippen LogP contribution in [0.2, 0.25) is 0 Å². The lowest BCUT2D eigenvalue weighted by Gasteiger charge is -2.35. The number of aromatic nitrogens is 2. The summed E-state index contributed by atoms with van der Waals surface area (Å²) >= 11 is 0. The molecule has 0 radical (unpaired) electrons. The Morgan fingerprint density at radius 3 is 2.63 bits per heavy atom. The van der Waals surface area contributed by atoms with E-state index >= 15 is 0 Å². The molecule has 38 heavy (non-hydrogen) atoms. The molecule has 0 aliphatic carbocycles. The van der Waals surface area contributed by atoms with Crippen molar-refractivity contribution in [2.45, 2.75) is 50.2 Å². The smallest absolute Gasteiger partial charge is 0.353 e. The van der Waals surface area contributed by atoms with Crippen molar-refractivity contribution in [2.24, 2.45) is 10.7 Å². The average Bonchev–Trinajstić information content (AvgIpc) is 3.38. The predicted molar refractivity (Wildman–Crippen MR) is 121 cm³/mol. The van der Waals surface area contributed by atoms with Gasteiger partial charge in [0.15, 0.2) is 17.8 Å². The zero-order valence-electron chi connectivity index (χ0n) is 20.1. The number of carbonyl (C=O) groups is 1. The molecule has 2 aliphatic rings. The highest BCUT2D eigenvalue weighted by Crippen LogP contribution is 2.50.